The third-order valence-corrected chi connectivity index (χ3v) is 7.02. The third-order valence-electron chi connectivity index (χ3n) is 6.41. The van der Waals surface area contributed by atoms with E-state index in [2.05, 4.69) is 23.9 Å². The van der Waals surface area contributed by atoms with Gasteiger partial charge >= 0.3 is 5.97 Å². The summed E-state index contributed by atoms with van der Waals surface area (Å²) in [5, 5.41) is 15.7. The number of hydrogen-bond acceptors (Lipinski definition) is 3. The van der Waals surface area contributed by atoms with E-state index < -0.39 is 5.97 Å². The lowest BCUT2D eigenvalue weighted by Crippen LogP contribution is -2.09. The van der Waals surface area contributed by atoms with Crippen LogP contribution >= 0.6 is 23.2 Å². The summed E-state index contributed by atoms with van der Waals surface area (Å²) in [6.45, 7) is 6.54. The molecule has 0 unspecified atom stereocenters. The van der Waals surface area contributed by atoms with Gasteiger partial charge in [-0.2, -0.15) is 5.10 Å². The van der Waals surface area contributed by atoms with Crippen LogP contribution in [0.2, 0.25) is 10.0 Å². The largest absolute Gasteiger partial charge is 0.487 e. The number of benzene rings is 3. The molecular weight excluding hydrogens is 509 g/mol. The van der Waals surface area contributed by atoms with E-state index in [0.717, 1.165) is 44.6 Å². The predicted octanol–water partition coefficient (Wildman–Crippen LogP) is 8.04. The van der Waals surface area contributed by atoms with Crippen molar-refractivity contribution in [2.75, 3.05) is 0 Å². The van der Waals surface area contributed by atoms with Gasteiger partial charge in [0.05, 0.1) is 21.9 Å². The zero-order valence-corrected chi connectivity index (χ0v) is 22.1. The average molecular weight is 534 g/mol. The van der Waals surface area contributed by atoms with Gasteiger partial charge < -0.3 is 14.8 Å². The molecule has 0 aliphatic carbocycles. The minimum absolute atomic E-state index is 0.172. The highest BCUT2D eigenvalue weighted by atomic mass is 35.5. The molecule has 2 N–H and O–H groups in total. The topological polar surface area (TPSA) is 80.1 Å². The minimum atomic E-state index is -0.978. The van der Waals surface area contributed by atoms with Gasteiger partial charge in [-0.3, -0.25) is 0 Å². The molecule has 0 spiro atoms. The van der Waals surface area contributed by atoms with Gasteiger partial charge in [0.15, 0.2) is 0 Å². The molecule has 3 aromatic carbocycles. The molecule has 8 heteroatoms. The van der Waals surface area contributed by atoms with Crippen molar-refractivity contribution in [2.45, 2.75) is 33.3 Å². The number of nitrogens with one attached hydrogen (secondary N) is 1. The standard InChI is InChI=1S/C29H25Cl2N3O3/c1-16(2)22-14-32-34(28-23(30)5-4-6-24(28)31)27(22)15-37-20-9-10-21(17(3)11-20)18-7-8-19-13-26(29(35)36)33-25(19)12-18/h4-14,16,33H,15H2,1-3H3,(H,35,36). The number of aromatic carboxylic acids is 1. The van der Waals surface area contributed by atoms with Crippen LogP contribution in [0.15, 0.2) is 66.9 Å². The monoisotopic (exact) mass is 533 g/mol. The Morgan fingerprint density at radius 3 is 2.51 bits per heavy atom. The van der Waals surface area contributed by atoms with E-state index in [0.29, 0.717) is 22.3 Å². The normalized spacial score (nSPS) is 11.4. The number of aryl methyl sites for hydroxylation is 1. The Kier molecular flexibility index (Phi) is 6.71. The van der Waals surface area contributed by atoms with Gasteiger partial charge in [-0.05, 0) is 71.5 Å². The minimum Gasteiger partial charge on any atom is -0.487 e. The Morgan fingerprint density at radius 1 is 1.08 bits per heavy atom. The molecule has 5 rings (SSSR count). The van der Waals surface area contributed by atoms with Crippen LogP contribution in [0.4, 0.5) is 0 Å². The average Bonchev–Trinajstić information content (AvgIpc) is 3.47. The molecule has 0 aliphatic rings. The number of fused-ring (bicyclic) bond motifs is 1. The molecule has 188 valence electrons. The molecular formula is C29H25Cl2N3O3. The molecule has 0 saturated heterocycles. The number of halogens is 2. The number of carbonyl (C=O) groups is 1. The van der Waals surface area contributed by atoms with Gasteiger partial charge in [0.2, 0.25) is 0 Å². The van der Waals surface area contributed by atoms with Gasteiger partial charge in [0, 0.05) is 10.9 Å². The second-order valence-corrected chi connectivity index (χ2v) is 10.1. The van der Waals surface area contributed by atoms with Crippen LogP contribution in [-0.2, 0) is 6.61 Å². The molecule has 37 heavy (non-hydrogen) atoms. The zero-order chi connectivity index (χ0) is 26.3. The zero-order valence-electron chi connectivity index (χ0n) is 20.5. The SMILES string of the molecule is Cc1cc(OCc2c(C(C)C)cnn2-c2c(Cl)cccc2Cl)ccc1-c1ccc2cc(C(=O)O)[nH]c2c1. The number of aromatic nitrogens is 3. The Balaban J connectivity index is 1.43. The summed E-state index contributed by atoms with van der Waals surface area (Å²) in [4.78, 5) is 14.3. The number of hydrogen-bond donors (Lipinski definition) is 2. The van der Waals surface area contributed by atoms with Crippen molar-refractivity contribution in [1.82, 2.24) is 14.8 Å². The van der Waals surface area contributed by atoms with Crippen LogP contribution < -0.4 is 4.74 Å². The fraction of sp³-hybridized carbons (Fsp3) is 0.172. The van der Waals surface area contributed by atoms with Crippen LogP contribution in [0.25, 0.3) is 27.7 Å². The highest BCUT2D eigenvalue weighted by Gasteiger charge is 2.19. The summed E-state index contributed by atoms with van der Waals surface area (Å²) in [5.41, 5.74) is 6.60. The van der Waals surface area contributed by atoms with Gasteiger partial charge in [-0.25, -0.2) is 9.48 Å². The fourth-order valence-electron chi connectivity index (χ4n) is 4.51. The van der Waals surface area contributed by atoms with Gasteiger partial charge in [0.25, 0.3) is 0 Å². The second kappa shape index (κ2) is 9.96. The van der Waals surface area contributed by atoms with Crippen LogP contribution in [0, 0.1) is 6.92 Å². The van der Waals surface area contributed by atoms with Crippen molar-refractivity contribution < 1.29 is 14.6 Å². The molecule has 6 nitrogen and oxygen atoms in total. The molecule has 0 saturated carbocycles. The molecule has 0 radical (unpaired) electrons. The highest BCUT2D eigenvalue weighted by molar-refractivity contribution is 6.37. The number of carboxylic acid groups (broad SMARTS) is 1. The fourth-order valence-corrected chi connectivity index (χ4v) is 5.07. The van der Waals surface area contributed by atoms with E-state index in [-0.39, 0.29) is 11.6 Å². The van der Waals surface area contributed by atoms with Crippen molar-refractivity contribution in [1.29, 1.82) is 0 Å². The first kappa shape index (κ1) is 24.9. The maximum Gasteiger partial charge on any atom is 0.352 e. The lowest BCUT2D eigenvalue weighted by atomic mass is 9.99. The summed E-state index contributed by atoms with van der Waals surface area (Å²) in [6.07, 6.45) is 1.84. The van der Waals surface area contributed by atoms with Crippen molar-refractivity contribution in [3.05, 3.63) is 99.4 Å². The number of ether oxygens (including phenoxy) is 1. The Hall–Kier alpha value is -3.74. The van der Waals surface area contributed by atoms with Crippen LogP contribution in [-0.4, -0.2) is 25.8 Å². The number of H-pyrrole nitrogens is 1. The summed E-state index contributed by atoms with van der Waals surface area (Å²) in [6, 6.07) is 18.8. The van der Waals surface area contributed by atoms with Crippen molar-refractivity contribution in [3.8, 4) is 22.6 Å². The number of nitrogens with zero attached hydrogens (tertiary/aromatic N) is 2. The maximum absolute atomic E-state index is 11.3. The van der Waals surface area contributed by atoms with Gasteiger partial charge in [0.1, 0.15) is 23.7 Å². The van der Waals surface area contributed by atoms with E-state index in [1.165, 1.54) is 0 Å². The third kappa shape index (κ3) is 4.82. The van der Waals surface area contributed by atoms with E-state index in [9.17, 15) is 9.90 Å². The maximum atomic E-state index is 11.3. The van der Waals surface area contributed by atoms with Gasteiger partial charge in [-0.15, -0.1) is 0 Å². The van der Waals surface area contributed by atoms with E-state index >= 15 is 0 Å². The first-order chi connectivity index (χ1) is 17.7. The molecule has 0 bridgehead atoms. The highest BCUT2D eigenvalue weighted by Crippen LogP contribution is 2.33. The quantitative estimate of drug-likeness (QED) is 0.222. The van der Waals surface area contributed by atoms with Crippen molar-refractivity contribution >= 4 is 40.1 Å². The first-order valence-corrected chi connectivity index (χ1v) is 12.6. The van der Waals surface area contributed by atoms with E-state index in [1.807, 2.05) is 49.5 Å². The lowest BCUT2D eigenvalue weighted by Gasteiger charge is -2.15. The number of aromatic amines is 1. The van der Waals surface area contributed by atoms with Crippen molar-refractivity contribution in [2.24, 2.45) is 0 Å². The Labute approximate surface area is 224 Å². The summed E-state index contributed by atoms with van der Waals surface area (Å²) in [5.74, 6) is -0.0143. The van der Waals surface area contributed by atoms with E-state index in [1.54, 1.807) is 28.9 Å². The number of carboxylic acids is 1. The Bertz CT molecular complexity index is 1610. The molecule has 0 atom stereocenters. The lowest BCUT2D eigenvalue weighted by molar-refractivity contribution is 0.0691. The van der Waals surface area contributed by atoms with Crippen molar-refractivity contribution in [3.63, 3.8) is 0 Å². The number of rotatable bonds is 7. The first-order valence-electron chi connectivity index (χ1n) is 11.8. The van der Waals surface area contributed by atoms with Crippen LogP contribution in [0.5, 0.6) is 5.75 Å². The van der Waals surface area contributed by atoms with Crippen LogP contribution in [0.1, 0.15) is 47.1 Å². The molecule has 5 aromatic rings. The summed E-state index contributed by atoms with van der Waals surface area (Å²) >= 11 is 12.9. The molecule has 0 fully saturated rings. The molecule has 2 heterocycles. The van der Waals surface area contributed by atoms with Crippen LogP contribution in [0.3, 0.4) is 0 Å². The summed E-state index contributed by atoms with van der Waals surface area (Å²) < 4.78 is 8.00. The predicted molar refractivity (Wildman–Crippen MR) is 147 cm³/mol. The van der Waals surface area contributed by atoms with E-state index in [4.69, 9.17) is 27.9 Å². The molecule has 2 aromatic heterocycles. The summed E-state index contributed by atoms with van der Waals surface area (Å²) in [7, 11) is 0. The molecule has 0 aliphatic heterocycles. The molecule has 0 amide bonds. The Morgan fingerprint density at radius 2 is 1.84 bits per heavy atom. The van der Waals surface area contributed by atoms with Gasteiger partial charge in [-0.1, -0.05) is 61.3 Å². The number of para-hydroxylation sites is 1. The smallest absolute Gasteiger partial charge is 0.352 e. The second-order valence-electron chi connectivity index (χ2n) is 9.24.